The summed E-state index contributed by atoms with van der Waals surface area (Å²) in [5, 5.41) is 0.668. The van der Waals surface area contributed by atoms with Gasteiger partial charge in [-0.3, -0.25) is 4.79 Å². The van der Waals surface area contributed by atoms with Gasteiger partial charge in [0, 0.05) is 32.2 Å². The smallest absolute Gasteiger partial charge is 0.227 e. The Kier molecular flexibility index (Phi) is 5.02. The van der Waals surface area contributed by atoms with E-state index in [1.807, 2.05) is 29.7 Å². The first-order valence-electron chi connectivity index (χ1n) is 9.25. The molecule has 0 saturated carbocycles. The Hall–Kier alpha value is -2.54. The lowest BCUT2D eigenvalue weighted by Gasteiger charge is -2.34. The fourth-order valence-electron chi connectivity index (χ4n) is 3.49. The number of anilines is 1. The molecule has 0 spiro atoms. The predicted octanol–water partition coefficient (Wildman–Crippen LogP) is 4.08. The van der Waals surface area contributed by atoms with Gasteiger partial charge in [-0.05, 0) is 31.0 Å². The van der Waals surface area contributed by atoms with Gasteiger partial charge < -0.3 is 9.80 Å². The lowest BCUT2D eigenvalue weighted by molar-refractivity contribution is -0.130. The zero-order chi connectivity index (χ0) is 19.8. The highest BCUT2D eigenvalue weighted by atomic mass is 32.1. The molecule has 146 valence electrons. The van der Waals surface area contributed by atoms with Crippen molar-refractivity contribution in [2.24, 2.45) is 0 Å². The summed E-state index contributed by atoms with van der Waals surface area (Å²) in [7, 11) is 0. The van der Waals surface area contributed by atoms with Crippen molar-refractivity contribution in [1.29, 1.82) is 0 Å². The van der Waals surface area contributed by atoms with Crippen LogP contribution in [0.4, 0.5) is 13.9 Å². The Labute approximate surface area is 166 Å². The van der Waals surface area contributed by atoms with Crippen LogP contribution in [0.5, 0.6) is 0 Å². The van der Waals surface area contributed by atoms with Crippen LogP contribution in [-0.2, 0) is 11.2 Å². The van der Waals surface area contributed by atoms with Crippen LogP contribution in [0, 0.1) is 25.5 Å². The number of thiazole rings is 1. The second-order valence-electron chi connectivity index (χ2n) is 7.21. The van der Waals surface area contributed by atoms with Gasteiger partial charge in [-0.15, -0.1) is 0 Å². The molecular weight excluding hydrogens is 380 g/mol. The number of aryl methyl sites for hydroxylation is 2. The molecule has 1 aromatic heterocycles. The molecule has 0 unspecified atom stereocenters. The average Bonchev–Trinajstić information content (AvgIpc) is 3.09. The number of aromatic nitrogens is 1. The lowest BCUT2D eigenvalue weighted by Crippen LogP contribution is -2.49. The zero-order valence-electron chi connectivity index (χ0n) is 15.8. The minimum Gasteiger partial charge on any atom is -0.345 e. The Morgan fingerprint density at radius 3 is 2.61 bits per heavy atom. The Morgan fingerprint density at radius 2 is 1.86 bits per heavy atom. The molecule has 0 aliphatic carbocycles. The number of rotatable bonds is 3. The van der Waals surface area contributed by atoms with Gasteiger partial charge in [0.15, 0.2) is 10.9 Å². The van der Waals surface area contributed by atoms with Gasteiger partial charge in [0.1, 0.15) is 11.3 Å². The predicted molar refractivity (Wildman–Crippen MR) is 108 cm³/mol. The molecule has 7 heteroatoms. The number of benzene rings is 2. The molecule has 0 N–H and O–H groups in total. The van der Waals surface area contributed by atoms with E-state index in [-0.39, 0.29) is 11.4 Å². The van der Waals surface area contributed by atoms with E-state index >= 15 is 0 Å². The van der Waals surface area contributed by atoms with Crippen molar-refractivity contribution in [3.05, 3.63) is 58.7 Å². The minimum absolute atomic E-state index is 0.116. The van der Waals surface area contributed by atoms with E-state index in [4.69, 9.17) is 0 Å². The topological polar surface area (TPSA) is 36.4 Å². The Morgan fingerprint density at radius 1 is 1.11 bits per heavy atom. The summed E-state index contributed by atoms with van der Waals surface area (Å²) in [4.78, 5) is 20.9. The quantitative estimate of drug-likeness (QED) is 0.664. The number of amides is 1. The highest BCUT2D eigenvalue weighted by Gasteiger charge is 2.24. The van der Waals surface area contributed by atoms with Gasteiger partial charge in [-0.25, -0.2) is 13.8 Å². The van der Waals surface area contributed by atoms with Crippen molar-refractivity contribution in [3.63, 3.8) is 0 Å². The fraction of sp³-hybridized carbons (Fsp3) is 0.333. The summed E-state index contributed by atoms with van der Waals surface area (Å²) in [6.07, 6.45) is 0.402. The molecule has 0 radical (unpaired) electrons. The van der Waals surface area contributed by atoms with E-state index in [0.29, 0.717) is 42.4 Å². The summed E-state index contributed by atoms with van der Waals surface area (Å²) in [6, 6.07) is 8.33. The first kappa shape index (κ1) is 18.8. The number of piperazine rings is 1. The molecule has 2 aromatic carbocycles. The number of hydrogen-bond acceptors (Lipinski definition) is 4. The normalized spacial score (nSPS) is 14.7. The molecule has 3 aromatic rings. The van der Waals surface area contributed by atoms with E-state index in [0.717, 1.165) is 22.8 Å². The van der Waals surface area contributed by atoms with E-state index in [2.05, 4.69) is 17.1 Å². The number of fused-ring (bicyclic) bond motifs is 1. The number of carbonyl (C=O) groups excluding carboxylic acids is 1. The standard InChI is InChI=1S/C21H21F2N3OS/c1-13-3-4-14(2)15(9-13)10-19(27)25-5-7-26(8-6-25)21-24-20-17(23)11-16(22)12-18(20)28-21/h3-4,9,11-12H,5-8,10H2,1-2H3. The molecular formula is C21H21F2N3OS. The summed E-state index contributed by atoms with van der Waals surface area (Å²) in [6.45, 7) is 6.49. The molecule has 1 fully saturated rings. The van der Waals surface area contributed by atoms with Crippen LogP contribution in [0.1, 0.15) is 16.7 Å². The average molecular weight is 401 g/mol. The molecule has 0 atom stereocenters. The molecule has 0 bridgehead atoms. The van der Waals surface area contributed by atoms with Crippen molar-refractivity contribution in [2.75, 3.05) is 31.1 Å². The molecule has 28 heavy (non-hydrogen) atoms. The molecule has 2 heterocycles. The number of carbonyl (C=O) groups is 1. The zero-order valence-corrected chi connectivity index (χ0v) is 16.7. The molecule has 1 saturated heterocycles. The molecule has 4 nitrogen and oxygen atoms in total. The van der Waals surface area contributed by atoms with Crippen LogP contribution in [-0.4, -0.2) is 42.0 Å². The van der Waals surface area contributed by atoms with E-state index in [1.165, 1.54) is 17.4 Å². The third-order valence-corrected chi connectivity index (χ3v) is 6.21. The Bertz CT molecular complexity index is 1040. The largest absolute Gasteiger partial charge is 0.345 e. The summed E-state index contributed by atoms with van der Waals surface area (Å²) >= 11 is 1.28. The molecule has 1 aliphatic rings. The third-order valence-electron chi connectivity index (χ3n) is 5.15. The van der Waals surface area contributed by atoms with Crippen LogP contribution >= 0.6 is 11.3 Å². The van der Waals surface area contributed by atoms with E-state index < -0.39 is 11.6 Å². The monoisotopic (exact) mass is 401 g/mol. The maximum Gasteiger partial charge on any atom is 0.227 e. The van der Waals surface area contributed by atoms with E-state index in [9.17, 15) is 13.6 Å². The van der Waals surface area contributed by atoms with Gasteiger partial charge >= 0.3 is 0 Å². The van der Waals surface area contributed by atoms with Crippen LogP contribution in [0.25, 0.3) is 10.2 Å². The molecule has 1 amide bonds. The SMILES string of the molecule is Cc1ccc(C)c(CC(=O)N2CCN(c3nc4c(F)cc(F)cc4s3)CC2)c1. The van der Waals surface area contributed by atoms with Gasteiger partial charge in [0.05, 0.1) is 11.1 Å². The van der Waals surface area contributed by atoms with Gasteiger partial charge in [0.2, 0.25) is 5.91 Å². The van der Waals surface area contributed by atoms with Gasteiger partial charge in [-0.2, -0.15) is 0 Å². The number of hydrogen-bond donors (Lipinski definition) is 0. The van der Waals surface area contributed by atoms with Gasteiger partial charge in [-0.1, -0.05) is 35.1 Å². The van der Waals surface area contributed by atoms with E-state index in [1.54, 1.807) is 0 Å². The van der Waals surface area contributed by atoms with Crippen molar-refractivity contribution < 1.29 is 13.6 Å². The van der Waals surface area contributed by atoms with Gasteiger partial charge in [0.25, 0.3) is 0 Å². The summed E-state index contributed by atoms with van der Waals surface area (Å²) in [5.74, 6) is -1.12. The van der Waals surface area contributed by atoms with Crippen molar-refractivity contribution in [2.45, 2.75) is 20.3 Å². The molecule has 1 aliphatic heterocycles. The number of nitrogens with zero attached hydrogens (tertiary/aromatic N) is 3. The first-order valence-corrected chi connectivity index (χ1v) is 10.1. The first-order chi connectivity index (χ1) is 13.4. The summed E-state index contributed by atoms with van der Waals surface area (Å²) < 4.78 is 27.8. The van der Waals surface area contributed by atoms with Crippen LogP contribution in [0.3, 0.4) is 0 Å². The second kappa shape index (κ2) is 7.47. The highest BCUT2D eigenvalue weighted by molar-refractivity contribution is 7.22. The Balaban J connectivity index is 1.42. The van der Waals surface area contributed by atoms with Crippen LogP contribution in [0.15, 0.2) is 30.3 Å². The molecule has 4 rings (SSSR count). The summed E-state index contributed by atoms with van der Waals surface area (Å²) in [5.41, 5.74) is 3.55. The van der Waals surface area contributed by atoms with Crippen LogP contribution < -0.4 is 4.90 Å². The fourth-order valence-corrected chi connectivity index (χ4v) is 4.55. The van der Waals surface area contributed by atoms with Crippen molar-refractivity contribution in [3.8, 4) is 0 Å². The second-order valence-corrected chi connectivity index (χ2v) is 8.21. The van der Waals surface area contributed by atoms with Crippen molar-refractivity contribution >= 4 is 32.6 Å². The maximum atomic E-state index is 13.9. The van der Waals surface area contributed by atoms with Crippen LogP contribution in [0.2, 0.25) is 0 Å². The third kappa shape index (κ3) is 3.71. The highest BCUT2D eigenvalue weighted by Crippen LogP contribution is 2.31. The number of halogens is 2. The minimum atomic E-state index is -0.639. The van der Waals surface area contributed by atoms with Crippen molar-refractivity contribution in [1.82, 2.24) is 9.88 Å². The maximum absolute atomic E-state index is 13.9. The lowest BCUT2D eigenvalue weighted by atomic mass is 10.0.